The normalized spacial score (nSPS) is 14.8. The van der Waals surface area contributed by atoms with E-state index >= 15 is 0 Å². The molecule has 8 nitrogen and oxygen atoms in total. The number of hydrogen-bond donors (Lipinski definition) is 2. The van der Waals surface area contributed by atoms with Crippen molar-refractivity contribution in [2.75, 3.05) is 33.0 Å². The average Bonchev–Trinajstić information content (AvgIpc) is 2.88. The van der Waals surface area contributed by atoms with Crippen LogP contribution in [0.2, 0.25) is 0 Å². The topological polar surface area (TPSA) is 117 Å². The van der Waals surface area contributed by atoms with Gasteiger partial charge in [0.1, 0.15) is 6.10 Å². The minimum atomic E-state index is -4.25. The number of unbranched alkanes of at least 4 members (excludes halogenated alkanes) is 4. The summed E-state index contributed by atoms with van der Waals surface area (Å²) in [5, 5.41) is 0. The van der Waals surface area contributed by atoms with Crippen molar-refractivity contribution >= 4 is 13.8 Å². The fourth-order valence-corrected chi connectivity index (χ4v) is 3.79. The lowest BCUT2D eigenvalue weighted by Gasteiger charge is -2.20. The van der Waals surface area contributed by atoms with Crippen molar-refractivity contribution in [2.45, 2.75) is 90.6 Å². The zero-order valence-corrected chi connectivity index (χ0v) is 23.8. The van der Waals surface area contributed by atoms with E-state index in [4.69, 9.17) is 24.3 Å². The van der Waals surface area contributed by atoms with Gasteiger partial charge in [-0.1, -0.05) is 75.3 Å². The third-order valence-electron chi connectivity index (χ3n) is 5.01. The maximum atomic E-state index is 12.0. The summed E-state index contributed by atoms with van der Waals surface area (Å²) in [4.78, 5) is 21.6. The van der Waals surface area contributed by atoms with Crippen LogP contribution in [0.3, 0.4) is 0 Å². The fourth-order valence-electron chi connectivity index (χ4n) is 3.02. The van der Waals surface area contributed by atoms with Gasteiger partial charge in [0, 0.05) is 19.6 Å². The van der Waals surface area contributed by atoms with Gasteiger partial charge < -0.3 is 20.1 Å². The maximum Gasteiger partial charge on any atom is 0.472 e. The molecule has 2 unspecified atom stereocenters. The van der Waals surface area contributed by atoms with E-state index in [-0.39, 0.29) is 38.8 Å². The van der Waals surface area contributed by atoms with E-state index in [1.54, 1.807) is 0 Å². The van der Waals surface area contributed by atoms with Crippen LogP contribution in [-0.2, 0) is 27.9 Å². The molecule has 0 radical (unpaired) electrons. The predicted octanol–water partition coefficient (Wildman–Crippen LogP) is 6.56. The molecule has 0 saturated carbocycles. The predicted molar refractivity (Wildman–Crippen MR) is 150 cm³/mol. The Balaban J connectivity index is 4.03. The van der Waals surface area contributed by atoms with Gasteiger partial charge >= 0.3 is 13.8 Å². The van der Waals surface area contributed by atoms with Gasteiger partial charge in [-0.25, -0.2) is 4.57 Å². The molecule has 2 atom stereocenters. The summed E-state index contributed by atoms with van der Waals surface area (Å²) in [7, 11) is -4.25. The highest BCUT2D eigenvalue weighted by atomic mass is 31.2. The van der Waals surface area contributed by atoms with Crippen LogP contribution in [0.5, 0.6) is 0 Å². The third kappa shape index (κ3) is 25.9. The number of carbonyl (C=O) groups excluding carboxylic acids is 1. The molecule has 0 amide bonds. The van der Waals surface area contributed by atoms with Crippen molar-refractivity contribution in [1.82, 2.24) is 0 Å². The van der Waals surface area contributed by atoms with Gasteiger partial charge in [0.05, 0.1) is 19.8 Å². The SMILES string of the molecule is CC/C=C\C/C=C\C/C=C\C/C=C\CCCCCOCC(COP(=O)(O)OCCN)OC(=O)CCCC. The zero-order valence-electron chi connectivity index (χ0n) is 22.9. The smallest absolute Gasteiger partial charge is 0.457 e. The number of rotatable bonds is 25. The number of phosphoric acid groups is 1. The molecule has 0 aromatic rings. The van der Waals surface area contributed by atoms with Crippen LogP contribution in [0.15, 0.2) is 48.6 Å². The molecule has 0 aliphatic carbocycles. The standard InChI is InChI=1S/C28H50NO7P/c1-3-5-7-8-9-10-11-12-13-14-15-16-17-18-19-20-23-33-25-27(36-28(30)21-6-4-2)26-35-37(31,32)34-24-22-29/h5,7,9-10,12-13,15-16,27H,3-4,6,8,11,14,17-26,29H2,1-2H3,(H,31,32)/b7-5-,10-9-,13-12-,16-15-. The van der Waals surface area contributed by atoms with Gasteiger partial charge in [-0.05, 0) is 51.4 Å². The van der Waals surface area contributed by atoms with Crippen LogP contribution in [0.4, 0.5) is 0 Å². The molecule has 0 fully saturated rings. The Morgan fingerprint density at radius 2 is 1.49 bits per heavy atom. The van der Waals surface area contributed by atoms with Gasteiger partial charge in [0.2, 0.25) is 0 Å². The summed E-state index contributed by atoms with van der Waals surface area (Å²) >= 11 is 0. The summed E-state index contributed by atoms with van der Waals surface area (Å²) in [6.45, 7) is 4.42. The Hall–Kier alpha value is -1.54. The van der Waals surface area contributed by atoms with Crippen molar-refractivity contribution in [1.29, 1.82) is 0 Å². The van der Waals surface area contributed by atoms with E-state index in [2.05, 4.69) is 55.5 Å². The summed E-state index contributed by atoms with van der Waals surface area (Å²) in [5.74, 6) is -0.382. The molecule has 0 bridgehead atoms. The lowest BCUT2D eigenvalue weighted by atomic mass is 10.2. The number of ether oxygens (including phenoxy) is 2. The molecule has 214 valence electrons. The molecule has 0 saturated heterocycles. The summed E-state index contributed by atoms with van der Waals surface area (Å²) in [5.41, 5.74) is 5.27. The highest BCUT2D eigenvalue weighted by Gasteiger charge is 2.25. The molecule has 9 heteroatoms. The van der Waals surface area contributed by atoms with E-state index in [1.165, 1.54) is 0 Å². The second-order valence-corrected chi connectivity index (χ2v) is 9.98. The number of hydrogen-bond acceptors (Lipinski definition) is 7. The lowest BCUT2D eigenvalue weighted by molar-refractivity contribution is -0.154. The van der Waals surface area contributed by atoms with Gasteiger partial charge in [-0.3, -0.25) is 13.8 Å². The molecule has 0 heterocycles. The first-order valence-electron chi connectivity index (χ1n) is 13.6. The van der Waals surface area contributed by atoms with E-state index in [0.717, 1.165) is 57.8 Å². The van der Waals surface area contributed by atoms with Gasteiger partial charge in [-0.2, -0.15) is 0 Å². The average molecular weight is 544 g/mol. The zero-order chi connectivity index (χ0) is 27.5. The van der Waals surface area contributed by atoms with Crippen molar-refractivity contribution < 1.29 is 32.8 Å². The Kier molecular flexibility index (Phi) is 25.0. The van der Waals surface area contributed by atoms with Crippen LogP contribution in [0.1, 0.15) is 84.5 Å². The molecular formula is C28H50NO7P. The van der Waals surface area contributed by atoms with E-state index in [0.29, 0.717) is 13.0 Å². The van der Waals surface area contributed by atoms with Crippen LogP contribution < -0.4 is 5.73 Å². The molecule has 0 aliphatic rings. The first-order chi connectivity index (χ1) is 17.9. The first-order valence-corrected chi connectivity index (χ1v) is 15.1. The molecule has 0 aromatic carbocycles. The molecular weight excluding hydrogens is 493 g/mol. The van der Waals surface area contributed by atoms with Gasteiger partial charge in [0.15, 0.2) is 0 Å². The van der Waals surface area contributed by atoms with Crippen molar-refractivity contribution in [3.63, 3.8) is 0 Å². The third-order valence-corrected chi connectivity index (χ3v) is 5.99. The molecule has 0 aliphatic heterocycles. The molecule has 37 heavy (non-hydrogen) atoms. The second-order valence-electron chi connectivity index (χ2n) is 8.53. The van der Waals surface area contributed by atoms with Gasteiger partial charge in [-0.15, -0.1) is 0 Å². The highest BCUT2D eigenvalue weighted by Crippen LogP contribution is 2.43. The van der Waals surface area contributed by atoms with E-state index < -0.39 is 13.9 Å². The Labute approximate surface area is 224 Å². The molecule has 0 aromatic heterocycles. The van der Waals surface area contributed by atoms with Crippen molar-refractivity contribution in [3.05, 3.63) is 48.6 Å². The van der Waals surface area contributed by atoms with Crippen LogP contribution in [-0.4, -0.2) is 49.9 Å². The molecule has 0 rings (SSSR count). The molecule has 0 spiro atoms. The summed E-state index contributed by atoms with van der Waals surface area (Å²) < 4.78 is 32.5. The van der Waals surface area contributed by atoms with E-state index in [1.807, 2.05) is 6.92 Å². The second kappa shape index (κ2) is 26.1. The molecule has 3 N–H and O–H groups in total. The van der Waals surface area contributed by atoms with Gasteiger partial charge in [0.25, 0.3) is 0 Å². The first kappa shape index (κ1) is 35.5. The Morgan fingerprint density at radius 3 is 2.11 bits per heavy atom. The van der Waals surface area contributed by atoms with Crippen molar-refractivity contribution in [3.8, 4) is 0 Å². The van der Waals surface area contributed by atoms with Crippen LogP contribution in [0.25, 0.3) is 0 Å². The summed E-state index contributed by atoms with van der Waals surface area (Å²) in [6.07, 6.45) is 26.6. The minimum absolute atomic E-state index is 0.0889. The van der Waals surface area contributed by atoms with Crippen molar-refractivity contribution in [2.24, 2.45) is 5.73 Å². The monoisotopic (exact) mass is 543 g/mol. The van der Waals surface area contributed by atoms with Crippen LogP contribution >= 0.6 is 7.82 Å². The number of esters is 1. The van der Waals surface area contributed by atoms with E-state index in [9.17, 15) is 14.3 Å². The number of nitrogens with two attached hydrogens (primary N) is 1. The quantitative estimate of drug-likeness (QED) is 0.0575. The Morgan fingerprint density at radius 1 is 0.838 bits per heavy atom. The maximum absolute atomic E-state index is 12.0. The Bertz CT molecular complexity index is 707. The largest absolute Gasteiger partial charge is 0.472 e. The minimum Gasteiger partial charge on any atom is -0.457 e. The number of carbonyl (C=O) groups is 1. The lowest BCUT2D eigenvalue weighted by Crippen LogP contribution is -2.28. The summed E-state index contributed by atoms with van der Waals surface area (Å²) in [6, 6.07) is 0. The highest BCUT2D eigenvalue weighted by molar-refractivity contribution is 7.47. The van der Waals surface area contributed by atoms with Crippen LogP contribution in [0, 0.1) is 0 Å². The number of phosphoric ester groups is 1. The number of allylic oxidation sites excluding steroid dienone is 8. The fraction of sp³-hybridized carbons (Fsp3) is 0.679.